The van der Waals surface area contributed by atoms with Gasteiger partial charge in [0.15, 0.2) is 0 Å². The number of amides is 1. The van der Waals surface area contributed by atoms with Crippen LogP contribution in [0.4, 0.5) is 0 Å². The topological polar surface area (TPSA) is 61.8 Å². The first kappa shape index (κ1) is 23.5. The molecule has 0 radical (unpaired) electrons. The zero-order chi connectivity index (χ0) is 22.3. The van der Waals surface area contributed by atoms with E-state index in [2.05, 4.69) is 24.6 Å². The number of nitrogens with one attached hydrogen (secondary N) is 1. The Kier molecular flexibility index (Phi) is 8.07. The number of hydrogen-bond donors (Lipinski definition) is 2. The third-order valence-corrected chi connectivity index (χ3v) is 5.34. The summed E-state index contributed by atoms with van der Waals surface area (Å²) in [5, 5.41) is 14.1. The second kappa shape index (κ2) is 10.3. The first-order valence-electron chi connectivity index (χ1n) is 10.7. The molecule has 0 aromatic heterocycles. The molecule has 2 heterocycles. The fourth-order valence-corrected chi connectivity index (χ4v) is 3.83. The molecule has 5 nitrogen and oxygen atoms in total. The Bertz CT molecular complexity index is 857. The summed E-state index contributed by atoms with van der Waals surface area (Å²) in [5.74, 6) is 0.536. The van der Waals surface area contributed by atoms with Crippen molar-refractivity contribution in [1.82, 2.24) is 10.2 Å². The van der Waals surface area contributed by atoms with E-state index >= 15 is 0 Å². The summed E-state index contributed by atoms with van der Waals surface area (Å²) in [6.07, 6.45) is 6.39. The number of rotatable bonds is 5. The van der Waals surface area contributed by atoms with Crippen molar-refractivity contribution < 1.29 is 14.6 Å². The first-order chi connectivity index (χ1) is 14.4. The molecule has 2 aliphatic heterocycles. The maximum atomic E-state index is 12.6. The van der Waals surface area contributed by atoms with E-state index in [1.54, 1.807) is 29.2 Å². The Morgan fingerprint density at radius 1 is 1.33 bits per heavy atom. The van der Waals surface area contributed by atoms with Crippen LogP contribution >= 0.6 is 0 Å². The zero-order valence-corrected chi connectivity index (χ0v) is 18.6. The van der Waals surface area contributed by atoms with Crippen LogP contribution in [0.1, 0.15) is 50.0 Å². The number of benzene rings is 1. The highest BCUT2D eigenvalue weighted by Crippen LogP contribution is 2.43. The van der Waals surface area contributed by atoms with Gasteiger partial charge in [-0.15, -0.1) is 0 Å². The molecule has 1 aromatic rings. The summed E-state index contributed by atoms with van der Waals surface area (Å²) < 4.78 is 6.12. The summed E-state index contributed by atoms with van der Waals surface area (Å²) in [6, 6.07) is 5.10. The fraction of sp³-hybridized carbons (Fsp3) is 0.400. The predicted molar refractivity (Wildman–Crippen MR) is 123 cm³/mol. The van der Waals surface area contributed by atoms with Gasteiger partial charge in [0.1, 0.15) is 17.1 Å². The highest BCUT2D eigenvalue weighted by molar-refractivity contribution is 5.96. The highest BCUT2D eigenvalue weighted by Gasteiger charge is 2.39. The molecule has 1 amide bonds. The second-order valence-corrected chi connectivity index (χ2v) is 7.10. The number of hydrogen-bond acceptors (Lipinski definition) is 4. The summed E-state index contributed by atoms with van der Waals surface area (Å²) in [6.45, 7) is 18.5. The average Bonchev–Trinajstić information content (AvgIpc) is 3.19. The molecule has 0 aliphatic carbocycles. The number of allylic oxidation sites excluding steroid dienone is 3. The van der Waals surface area contributed by atoms with Gasteiger partial charge >= 0.3 is 0 Å². The van der Waals surface area contributed by atoms with E-state index in [-0.39, 0.29) is 11.7 Å². The van der Waals surface area contributed by atoms with Crippen molar-refractivity contribution in [3.8, 4) is 5.75 Å². The van der Waals surface area contributed by atoms with Crippen molar-refractivity contribution in [3.63, 3.8) is 0 Å². The number of aromatic hydroxyl groups is 1. The van der Waals surface area contributed by atoms with Crippen molar-refractivity contribution in [2.24, 2.45) is 0 Å². The van der Waals surface area contributed by atoms with E-state index in [1.807, 2.05) is 33.8 Å². The summed E-state index contributed by atoms with van der Waals surface area (Å²) in [7, 11) is 0. The molecule has 1 aromatic carbocycles. The standard InChI is InChI=1S/C23H28N2O3.C2H6/c1-5-8-18-16(4)28-23(11-12-24-15-23)14-20(18)19-10-9-17(13-21(19)26)22(27)25(6-2)7-3;1-2/h5,8-10,13-14,24,26H,1,4,6-7,11-12,15H2,2-3H3;1-2H3/b18-8+;. The SMILES string of the molecule is C=C/C=C1\C(=C)OC2(C=C1c1ccc(C(=O)N(CC)CC)cc1O)CCNC2.CC. The predicted octanol–water partition coefficient (Wildman–Crippen LogP) is 4.67. The van der Waals surface area contributed by atoms with Gasteiger partial charge < -0.3 is 20.1 Å². The Hall–Kier alpha value is -2.79. The smallest absolute Gasteiger partial charge is 0.253 e. The summed E-state index contributed by atoms with van der Waals surface area (Å²) >= 11 is 0. The minimum absolute atomic E-state index is 0.0648. The molecular formula is C25H34N2O3. The average molecular weight is 411 g/mol. The van der Waals surface area contributed by atoms with E-state index in [0.717, 1.165) is 24.1 Å². The molecule has 30 heavy (non-hydrogen) atoms. The molecule has 2 N–H and O–H groups in total. The molecule has 0 saturated carbocycles. The van der Waals surface area contributed by atoms with Crippen molar-refractivity contribution >= 4 is 11.5 Å². The number of carbonyl (C=O) groups excluding carboxylic acids is 1. The monoisotopic (exact) mass is 410 g/mol. The van der Waals surface area contributed by atoms with Crippen molar-refractivity contribution in [3.05, 3.63) is 72.0 Å². The van der Waals surface area contributed by atoms with E-state index < -0.39 is 5.60 Å². The maximum absolute atomic E-state index is 12.6. The van der Waals surface area contributed by atoms with Crippen LogP contribution in [0.15, 0.2) is 60.9 Å². The van der Waals surface area contributed by atoms with Gasteiger partial charge in [0.05, 0.1) is 0 Å². The lowest BCUT2D eigenvalue weighted by Crippen LogP contribution is -2.35. The molecule has 1 unspecified atom stereocenters. The van der Waals surface area contributed by atoms with Gasteiger partial charge in [-0.25, -0.2) is 0 Å². The molecule has 0 bridgehead atoms. The molecule has 1 fully saturated rings. The zero-order valence-electron chi connectivity index (χ0n) is 18.6. The van der Waals surface area contributed by atoms with Crippen molar-refractivity contribution in [1.29, 1.82) is 0 Å². The van der Waals surface area contributed by atoms with Gasteiger partial charge in [-0.1, -0.05) is 39.2 Å². The number of carbonyl (C=O) groups is 1. The number of ether oxygens (including phenoxy) is 1. The number of phenolic OH excluding ortho intramolecular Hbond substituents is 1. The van der Waals surface area contributed by atoms with Crippen LogP contribution in [0.5, 0.6) is 5.75 Å². The quantitative estimate of drug-likeness (QED) is 0.740. The Morgan fingerprint density at radius 3 is 2.57 bits per heavy atom. The van der Waals surface area contributed by atoms with Crippen LogP contribution in [0, 0.1) is 0 Å². The van der Waals surface area contributed by atoms with Crippen LogP contribution in [0.3, 0.4) is 0 Å². The van der Waals surface area contributed by atoms with Gasteiger partial charge in [-0.2, -0.15) is 0 Å². The van der Waals surface area contributed by atoms with E-state index in [9.17, 15) is 9.90 Å². The third-order valence-electron chi connectivity index (χ3n) is 5.34. The minimum atomic E-state index is -0.465. The number of nitrogens with zero attached hydrogens (tertiary/aromatic N) is 1. The van der Waals surface area contributed by atoms with Gasteiger partial charge in [0.2, 0.25) is 0 Å². The molecular weight excluding hydrogens is 376 g/mol. The lowest BCUT2D eigenvalue weighted by Gasteiger charge is -2.35. The van der Waals surface area contributed by atoms with Gasteiger partial charge in [-0.05, 0) is 50.2 Å². The summed E-state index contributed by atoms with van der Waals surface area (Å²) in [4.78, 5) is 14.3. The van der Waals surface area contributed by atoms with E-state index in [4.69, 9.17) is 4.74 Å². The van der Waals surface area contributed by atoms with Crippen molar-refractivity contribution in [2.75, 3.05) is 26.2 Å². The van der Waals surface area contributed by atoms with Crippen LogP contribution in [0.25, 0.3) is 5.57 Å². The van der Waals surface area contributed by atoms with Crippen LogP contribution in [-0.4, -0.2) is 47.7 Å². The van der Waals surface area contributed by atoms with Crippen molar-refractivity contribution in [2.45, 2.75) is 39.7 Å². The fourth-order valence-electron chi connectivity index (χ4n) is 3.83. The Morgan fingerprint density at radius 2 is 2.03 bits per heavy atom. The van der Waals surface area contributed by atoms with Gasteiger partial charge in [0, 0.05) is 42.8 Å². The molecule has 162 valence electrons. The first-order valence-corrected chi connectivity index (χ1v) is 10.7. The highest BCUT2D eigenvalue weighted by atomic mass is 16.5. The van der Waals surface area contributed by atoms with E-state index in [0.29, 0.717) is 36.5 Å². The Balaban J connectivity index is 0.00000155. The molecule has 1 saturated heterocycles. The minimum Gasteiger partial charge on any atom is -0.507 e. The molecule has 5 heteroatoms. The lowest BCUT2D eigenvalue weighted by molar-refractivity contribution is 0.0657. The van der Waals surface area contributed by atoms with Crippen LogP contribution in [0.2, 0.25) is 0 Å². The van der Waals surface area contributed by atoms with Crippen LogP contribution in [-0.2, 0) is 4.74 Å². The number of phenols is 1. The molecule has 1 atom stereocenters. The van der Waals surface area contributed by atoms with Gasteiger partial charge in [0.25, 0.3) is 5.91 Å². The summed E-state index contributed by atoms with van der Waals surface area (Å²) in [5.41, 5.74) is 2.29. The maximum Gasteiger partial charge on any atom is 0.253 e. The van der Waals surface area contributed by atoms with Crippen LogP contribution < -0.4 is 5.32 Å². The molecule has 3 rings (SSSR count). The lowest BCUT2D eigenvalue weighted by atomic mass is 9.86. The largest absolute Gasteiger partial charge is 0.507 e. The van der Waals surface area contributed by atoms with Gasteiger partial charge in [-0.3, -0.25) is 4.79 Å². The van der Waals surface area contributed by atoms with E-state index in [1.165, 1.54) is 0 Å². The Labute approximate surface area is 180 Å². The molecule has 1 spiro atoms. The third kappa shape index (κ3) is 4.68. The molecule has 2 aliphatic rings. The second-order valence-electron chi connectivity index (χ2n) is 7.10. The normalized spacial score (nSPS) is 21.5.